The van der Waals surface area contributed by atoms with E-state index in [0.717, 1.165) is 11.1 Å². The van der Waals surface area contributed by atoms with Gasteiger partial charge in [0.25, 0.3) is 11.2 Å². The van der Waals surface area contributed by atoms with E-state index in [0.29, 0.717) is 10.7 Å². The minimum Gasteiger partial charge on any atom is -0.317 e. The molecule has 4 heterocycles. The van der Waals surface area contributed by atoms with E-state index < -0.39 is 15.4 Å². The number of pyridine rings is 3. The number of aromatic nitrogens is 4. The van der Waals surface area contributed by atoms with Crippen molar-refractivity contribution in [3.8, 4) is 0 Å². The first kappa shape index (κ1) is 22.0. The van der Waals surface area contributed by atoms with Crippen LogP contribution in [0.1, 0.15) is 11.1 Å². The SMILES string of the molecule is Cc1cccn2c(=O)c3cc(S(=O)(=O)c4ccc(Cl)cc4)c(N)[n+](Cc4cccnc4)c3nc12. The number of aryl methyl sites for hydroxylation is 1. The van der Waals surface area contributed by atoms with E-state index in [1.807, 2.05) is 19.1 Å². The lowest BCUT2D eigenvalue weighted by molar-refractivity contribution is -0.651. The molecule has 2 N–H and O–H groups in total. The van der Waals surface area contributed by atoms with Gasteiger partial charge in [-0.05, 0) is 49.4 Å². The summed E-state index contributed by atoms with van der Waals surface area (Å²) in [5.74, 6) is -0.0314. The molecular formula is C24H19ClN5O3S+. The first-order valence-electron chi connectivity index (χ1n) is 10.3. The summed E-state index contributed by atoms with van der Waals surface area (Å²) in [6.45, 7) is 2.02. The van der Waals surface area contributed by atoms with Crippen LogP contribution in [-0.4, -0.2) is 22.8 Å². The highest BCUT2D eigenvalue weighted by Gasteiger charge is 2.29. The fourth-order valence-electron chi connectivity index (χ4n) is 3.87. The number of nitrogens with zero attached hydrogens (tertiary/aromatic N) is 4. The fourth-order valence-corrected chi connectivity index (χ4v) is 5.41. The van der Waals surface area contributed by atoms with E-state index >= 15 is 0 Å². The number of benzene rings is 1. The third kappa shape index (κ3) is 3.59. The molecule has 0 aliphatic rings. The monoisotopic (exact) mass is 492 g/mol. The van der Waals surface area contributed by atoms with E-state index in [4.69, 9.17) is 22.3 Å². The number of nitrogens with two attached hydrogens (primary N) is 1. The van der Waals surface area contributed by atoms with Crippen LogP contribution in [0.5, 0.6) is 0 Å². The molecule has 5 rings (SSSR count). The quantitative estimate of drug-likeness (QED) is 0.305. The zero-order valence-electron chi connectivity index (χ0n) is 18.0. The average Bonchev–Trinajstić information content (AvgIpc) is 2.82. The van der Waals surface area contributed by atoms with Crippen LogP contribution in [0.2, 0.25) is 5.02 Å². The molecule has 34 heavy (non-hydrogen) atoms. The summed E-state index contributed by atoms with van der Waals surface area (Å²) >= 11 is 5.94. The molecule has 4 aromatic heterocycles. The van der Waals surface area contributed by atoms with Crippen molar-refractivity contribution in [1.29, 1.82) is 0 Å². The van der Waals surface area contributed by atoms with Crippen molar-refractivity contribution in [2.45, 2.75) is 23.3 Å². The van der Waals surface area contributed by atoms with Crippen LogP contribution in [0, 0.1) is 6.92 Å². The number of hydrogen-bond acceptors (Lipinski definition) is 6. The summed E-state index contributed by atoms with van der Waals surface area (Å²) in [4.78, 5) is 22.1. The molecule has 1 aromatic carbocycles. The van der Waals surface area contributed by atoms with Gasteiger partial charge in [-0.1, -0.05) is 28.7 Å². The topological polar surface area (TPSA) is 111 Å². The third-order valence-electron chi connectivity index (χ3n) is 5.62. The van der Waals surface area contributed by atoms with Crippen LogP contribution in [0.15, 0.2) is 87.8 Å². The Morgan fingerprint density at radius 3 is 2.59 bits per heavy atom. The van der Waals surface area contributed by atoms with E-state index in [-0.39, 0.29) is 33.2 Å². The molecule has 0 atom stereocenters. The Kier molecular flexibility index (Phi) is 5.30. The highest BCUT2D eigenvalue weighted by atomic mass is 35.5. The summed E-state index contributed by atoms with van der Waals surface area (Å²) < 4.78 is 30.1. The molecule has 0 bridgehead atoms. The Morgan fingerprint density at radius 1 is 1.12 bits per heavy atom. The van der Waals surface area contributed by atoms with Gasteiger partial charge in [-0.25, -0.2) is 13.0 Å². The Morgan fingerprint density at radius 2 is 1.88 bits per heavy atom. The van der Waals surface area contributed by atoms with Crippen molar-refractivity contribution in [3.05, 3.63) is 99.7 Å². The lowest BCUT2D eigenvalue weighted by atomic mass is 10.2. The summed E-state index contributed by atoms with van der Waals surface area (Å²) in [6.07, 6.45) is 4.89. The fraction of sp³-hybridized carbons (Fsp3) is 0.0833. The predicted molar refractivity (Wildman–Crippen MR) is 129 cm³/mol. The molecule has 10 heteroatoms. The lowest BCUT2D eigenvalue weighted by Crippen LogP contribution is -2.42. The summed E-state index contributed by atoms with van der Waals surface area (Å²) in [7, 11) is -4.07. The second-order valence-electron chi connectivity index (χ2n) is 7.84. The van der Waals surface area contributed by atoms with Gasteiger partial charge in [0.1, 0.15) is 10.3 Å². The number of sulfone groups is 1. The van der Waals surface area contributed by atoms with Gasteiger partial charge in [0.15, 0.2) is 0 Å². The van der Waals surface area contributed by atoms with Gasteiger partial charge in [-0.15, -0.1) is 0 Å². The first-order chi connectivity index (χ1) is 16.3. The number of halogens is 1. The summed E-state index contributed by atoms with van der Waals surface area (Å²) in [6, 6.07) is 14.3. The van der Waals surface area contributed by atoms with Gasteiger partial charge in [0, 0.05) is 34.7 Å². The molecule has 8 nitrogen and oxygen atoms in total. The molecule has 0 fully saturated rings. The van der Waals surface area contributed by atoms with Crippen LogP contribution in [0.25, 0.3) is 16.7 Å². The van der Waals surface area contributed by atoms with Gasteiger partial charge in [-0.2, -0.15) is 0 Å². The molecule has 0 radical (unpaired) electrons. The highest BCUT2D eigenvalue weighted by molar-refractivity contribution is 7.91. The predicted octanol–water partition coefficient (Wildman–Crippen LogP) is 2.96. The molecule has 0 amide bonds. The maximum Gasteiger partial charge on any atom is 0.278 e. The number of nitrogen functional groups attached to an aromatic ring is 1. The van der Waals surface area contributed by atoms with Gasteiger partial charge < -0.3 is 5.73 Å². The standard InChI is InChI=1S/C24H18ClN5O3S/c1-15-4-3-11-29-22(15)28-23-19(24(29)31)12-20(34(32,33)18-8-6-17(25)7-9-18)21(26)30(23)14-16-5-2-10-27-13-16/h2-13,26H,14H2,1H3/p+1. The Balaban J connectivity index is 1.88. The maximum atomic E-state index is 13.6. The second-order valence-corrected chi connectivity index (χ2v) is 10.2. The Labute approximate surface area is 199 Å². The maximum absolute atomic E-state index is 13.6. The van der Waals surface area contributed by atoms with Gasteiger partial charge in [0.2, 0.25) is 21.3 Å². The van der Waals surface area contributed by atoms with Gasteiger partial charge in [-0.3, -0.25) is 14.2 Å². The molecule has 0 saturated carbocycles. The Bertz CT molecular complexity index is 1740. The molecular weight excluding hydrogens is 474 g/mol. The zero-order chi connectivity index (χ0) is 24.0. The van der Waals surface area contributed by atoms with E-state index in [1.54, 1.807) is 35.3 Å². The first-order valence-corrected chi connectivity index (χ1v) is 12.2. The van der Waals surface area contributed by atoms with E-state index in [9.17, 15) is 13.2 Å². The second kappa shape index (κ2) is 8.19. The number of fused-ring (bicyclic) bond motifs is 2. The summed E-state index contributed by atoms with van der Waals surface area (Å²) in [5.41, 5.74) is 8.40. The normalized spacial score (nSPS) is 11.8. The van der Waals surface area contributed by atoms with Crippen LogP contribution >= 0.6 is 11.6 Å². The van der Waals surface area contributed by atoms with E-state index in [1.165, 1.54) is 34.7 Å². The van der Waals surface area contributed by atoms with Gasteiger partial charge >= 0.3 is 0 Å². The third-order valence-corrected chi connectivity index (χ3v) is 7.67. The van der Waals surface area contributed by atoms with Crippen molar-refractivity contribution < 1.29 is 13.0 Å². The minimum atomic E-state index is -4.07. The Hall–Kier alpha value is -3.82. The summed E-state index contributed by atoms with van der Waals surface area (Å²) in [5, 5.41) is 0.537. The molecule has 0 spiro atoms. The number of anilines is 1. The molecule has 0 aliphatic heterocycles. The van der Waals surface area contributed by atoms with Crippen LogP contribution in [-0.2, 0) is 16.4 Å². The van der Waals surface area contributed by atoms with Crippen LogP contribution < -0.4 is 15.9 Å². The van der Waals surface area contributed by atoms with Crippen LogP contribution in [0.3, 0.4) is 0 Å². The molecule has 0 aliphatic carbocycles. The van der Waals surface area contributed by atoms with Crippen molar-refractivity contribution in [3.63, 3.8) is 0 Å². The van der Waals surface area contributed by atoms with Crippen LogP contribution in [0.4, 0.5) is 5.82 Å². The average molecular weight is 493 g/mol. The van der Waals surface area contributed by atoms with Gasteiger partial charge in [0.05, 0.1) is 11.4 Å². The minimum absolute atomic E-state index is 0.0144. The highest BCUT2D eigenvalue weighted by Crippen LogP contribution is 2.27. The number of hydrogen-bond donors (Lipinski definition) is 1. The molecule has 5 aromatic rings. The van der Waals surface area contributed by atoms with Crippen molar-refractivity contribution in [1.82, 2.24) is 14.4 Å². The van der Waals surface area contributed by atoms with E-state index in [2.05, 4.69) is 4.98 Å². The largest absolute Gasteiger partial charge is 0.317 e. The molecule has 0 saturated heterocycles. The lowest BCUT2D eigenvalue weighted by Gasteiger charge is -2.13. The molecule has 0 unspecified atom stereocenters. The molecule has 170 valence electrons. The zero-order valence-corrected chi connectivity index (χ0v) is 19.6. The van der Waals surface area contributed by atoms with Crippen molar-refractivity contribution >= 4 is 43.9 Å². The smallest absolute Gasteiger partial charge is 0.278 e. The van der Waals surface area contributed by atoms with Crippen molar-refractivity contribution in [2.24, 2.45) is 0 Å². The number of rotatable bonds is 4. The van der Waals surface area contributed by atoms with Crippen molar-refractivity contribution in [2.75, 3.05) is 5.73 Å².